The Labute approximate surface area is 168 Å². The van der Waals surface area contributed by atoms with Crippen LogP contribution in [0, 0.1) is 29.6 Å². The van der Waals surface area contributed by atoms with Crippen molar-refractivity contribution in [3.05, 3.63) is 11.6 Å². The molecule has 5 nitrogen and oxygen atoms in total. The molecule has 3 N–H and O–H groups in total. The van der Waals surface area contributed by atoms with Crippen LogP contribution in [-0.2, 0) is 9.53 Å². The maximum Gasteiger partial charge on any atom is 0.303 e. The summed E-state index contributed by atoms with van der Waals surface area (Å²) in [5.74, 6) is 5.66. The average molecular weight is 391 g/mol. The van der Waals surface area contributed by atoms with Gasteiger partial charge >= 0.3 is 5.97 Å². The van der Waals surface area contributed by atoms with Crippen molar-refractivity contribution in [1.82, 2.24) is 0 Å². The second-order valence-corrected chi connectivity index (χ2v) is 8.56. The van der Waals surface area contributed by atoms with Crippen LogP contribution < -0.4 is 0 Å². The van der Waals surface area contributed by atoms with E-state index in [1.54, 1.807) is 0 Å². The molecule has 0 bridgehead atoms. The number of aliphatic hydroxyl groups is 2. The summed E-state index contributed by atoms with van der Waals surface area (Å²) in [5, 5.41) is 30.0. The van der Waals surface area contributed by atoms with Crippen molar-refractivity contribution >= 4 is 5.97 Å². The fourth-order valence-corrected chi connectivity index (χ4v) is 5.36. The fourth-order valence-electron chi connectivity index (χ4n) is 5.36. The van der Waals surface area contributed by atoms with E-state index in [1.165, 1.54) is 6.42 Å². The minimum absolute atomic E-state index is 0.110. The Bertz CT molecular complexity index is 639. The quantitative estimate of drug-likeness (QED) is 0.479. The van der Waals surface area contributed by atoms with E-state index in [1.807, 2.05) is 13.0 Å². The van der Waals surface area contributed by atoms with Crippen LogP contribution in [0.4, 0.5) is 0 Å². The van der Waals surface area contributed by atoms with Gasteiger partial charge in [0.15, 0.2) is 0 Å². The highest BCUT2D eigenvalue weighted by molar-refractivity contribution is 5.66. The van der Waals surface area contributed by atoms with Gasteiger partial charge in [-0.25, -0.2) is 0 Å². The number of allylic oxidation sites excluding steroid dienone is 1. The van der Waals surface area contributed by atoms with E-state index >= 15 is 0 Å². The first-order chi connectivity index (χ1) is 13.5. The molecule has 0 radical (unpaired) electrons. The minimum atomic E-state index is -0.794. The molecule has 3 rings (SSSR count). The Hall–Kier alpha value is -1.35. The van der Waals surface area contributed by atoms with Gasteiger partial charge in [-0.2, -0.15) is 0 Å². The monoisotopic (exact) mass is 390 g/mol. The smallest absolute Gasteiger partial charge is 0.303 e. The molecular weight excluding hydrogens is 356 g/mol. The first-order valence-corrected chi connectivity index (χ1v) is 10.9. The van der Waals surface area contributed by atoms with E-state index in [-0.39, 0.29) is 24.2 Å². The molecule has 156 valence electrons. The molecule has 0 aliphatic heterocycles. The summed E-state index contributed by atoms with van der Waals surface area (Å²) in [6, 6.07) is 0. The molecule has 3 aliphatic carbocycles. The van der Waals surface area contributed by atoms with E-state index in [0.29, 0.717) is 19.4 Å². The number of carboxylic acids is 1. The molecule has 1 unspecified atom stereocenters. The maximum absolute atomic E-state index is 10.8. The van der Waals surface area contributed by atoms with Crippen LogP contribution in [0.25, 0.3) is 0 Å². The lowest BCUT2D eigenvalue weighted by molar-refractivity contribution is -0.153. The summed E-state index contributed by atoms with van der Waals surface area (Å²) >= 11 is 0. The molecule has 0 heterocycles. The summed E-state index contributed by atoms with van der Waals surface area (Å²) in [7, 11) is 0. The topological polar surface area (TPSA) is 87.0 Å². The van der Waals surface area contributed by atoms with Crippen molar-refractivity contribution < 1.29 is 24.9 Å². The summed E-state index contributed by atoms with van der Waals surface area (Å²) in [6.45, 7) is 2.55. The second-order valence-electron chi connectivity index (χ2n) is 8.56. The lowest BCUT2D eigenvalue weighted by atomic mass is 9.53. The van der Waals surface area contributed by atoms with Crippen molar-refractivity contribution in [1.29, 1.82) is 0 Å². The summed E-state index contributed by atoms with van der Waals surface area (Å²) in [5.41, 5.74) is 0.744. The van der Waals surface area contributed by atoms with Crippen molar-refractivity contribution in [3.8, 4) is 11.8 Å². The van der Waals surface area contributed by atoms with E-state index in [9.17, 15) is 15.0 Å². The van der Waals surface area contributed by atoms with Gasteiger partial charge in [-0.1, -0.05) is 37.2 Å². The Morgan fingerprint density at radius 1 is 1.32 bits per heavy atom. The summed E-state index contributed by atoms with van der Waals surface area (Å²) < 4.78 is 6.18. The molecule has 0 aromatic heterocycles. The lowest BCUT2D eigenvalue weighted by Gasteiger charge is -2.57. The van der Waals surface area contributed by atoms with E-state index < -0.39 is 23.8 Å². The highest BCUT2D eigenvalue weighted by Crippen LogP contribution is 2.57. The Balaban J connectivity index is 1.72. The van der Waals surface area contributed by atoms with Gasteiger partial charge in [-0.3, -0.25) is 4.79 Å². The number of aliphatic hydroxyl groups excluding tert-OH is 2. The number of fused-ring (bicyclic) bond motifs is 1. The number of aliphatic carboxylic acids is 1. The van der Waals surface area contributed by atoms with E-state index in [4.69, 9.17) is 9.84 Å². The Morgan fingerprint density at radius 2 is 2.07 bits per heavy atom. The zero-order valence-corrected chi connectivity index (χ0v) is 16.9. The first kappa shape index (κ1) is 21.4. The lowest BCUT2D eigenvalue weighted by Crippen LogP contribution is -2.60. The first-order valence-electron chi connectivity index (χ1n) is 10.9. The number of carboxylic acid groups (broad SMARTS) is 1. The van der Waals surface area contributed by atoms with Gasteiger partial charge in [0.2, 0.25) is 0 Å². The van der Waals surface area contributed by atoms with Crippen molar-refractivity contribution in [3.63, 3.8) is 0 Å². The molecular formula is C23H34O5. The van der Waals surface area contributed by atoms with Crippen LogP contribution in [0.2, 0.25) is 0 Å². The molecule has 0 aromatic carbocycles. The zero-order valence-electron chi connectivity index (χ0n) is 16.9. The molecule has 5 atom stereocenters. The minimum Gasteiger partial charge on any atom is -0.481 e. The third kappa shape index (κ3) is 4.45. The van der Waals surface area contributed by atoms with Gasteiger partial charge in [0.25, 0.3) is 0 Å². The molecule has 0 spiro atoms. The van der Waals surface area contributed by atoms with Crippen LogP contribution in [0.1, 0.15) is 71.1 Å². The highest BCUT2D eigenvalue weighted by atomic mass is 16.5. The van der Waals surface area contributed by atoms with Crippen LogP contribution in [-0.4, -0.2) is 45.7 Å². The Kier molecular flexibility index (Phi) is 7.20. The van der Waals surface area contributed by atoms with Crippen LogP contribution >= 0.6 is 0 Å². The normalized spacial score (nSPS) is 35.4. The van der Waals surface area contributed by atoms with Gasteiger partial charge in [0.05, 0.1) is 17.6 Å². The third-order valence-corrected chi connectivity index (χ3v) is 6.89. The molecule has 0 amide bonds. The van der Waals surface area contributed by atoms with Crippen molar-refractivity contribution in [2.45, 2.75) is 88.9 Å². The largest absolute Gasteiger partial charge is 0.481 e. The van der Waals surface area contributed by atoms with Gasteiger partial charge in [0, 0.05) is 18.9 Å². The van der Waals surface area contributed by atoms with Crippen LogP contribution in [0.3, 0.4) is 0 Å². The number of rotatable bonds is 6. The fraction of sp³-hybridized carbons (Fsp3) is 0.783. The number of hydrogen-bond acceptors (Lipinski definition) is 4. The van der Waals surface area contributed by atoms with Crippen LogP contribution in [0.15, 0.2) is 11.6 Å². The number of hydrogen-bond donors (Lipinski definition) is 3. The van der Waals surface area contributed by atoms with E-state index in [2.05, 4.69) is 11.8 Å². The molecule has 3 fully saturated rings. The predicted molar refractivity (Wildman–Crippen MR) is 107 cm³/mol. The van der Waals surface area contributed by atoms with Gasteiger partial charge < -0.3 is 20.1 Å². The molecule has 5 heteroatoms. The van der Waals surface area contributed by atoms with E-state index in [0.717, 1.165) is 44.1 Å². The average Bonchev–Trinajstić information content (AvgIpc) is 2.68. The van der Waals surface area contributed by atoms with Gasteiger partial charge in [-0.15, -0.1) is 0 Å². The zero-order chi connectivity index (χ0) is 20.1. The van der Waals surface area contributed by atoms with Crippen LogP contribution in [0.5, 0.6) is 0 Å². The maximum atomic E-state index is 10.8. The standard InChI is InChI=1S/C23H34O5/c1-2-28-23-14-13-21(25)18(11-12-20(24)16-7-4-3-5-8-16)19(23)15-17(23)9-6-10-22(26)27/h9,16,18-21,24-25H,2-8,10,13-15H2,1H3,(H,26,27)/t18-,19-,20?,21-,23+/m1/s1. The van der Waals surface area contributed by atoms with Gasteiger partial charge in [0.1, 0.15) is 6.10 Å². The molecule has 3 saturated carbocycles. The highest BCUT2D eigenvalue weighted by Gasteiger charge is 2.58. The third-order valence-electron chi connectivity index (χ3n) is 6.89. The molecule has 0 saturated heterocycles. The number of ether oxygens (including phenoxy) is 1. The number of carbonyl (C=O) groups is 1. The second kappa shape index (κ2) is 9.43. The summed E-state index contributed by atoms with van der Waals surface area (Å²) in [6.07, 6.45) is 9.32. The van der Waals surface area contributed by atoms with Gasteiger partial charge in [-0.05, 0) is 56.9 Å². The van der Waals surface area contributed by atoms with Crippen molar-refractivity contribution in [2.24, 2.45) is 17.8 Å². The molecule has 3 aliphatic rings. The SMILES string of the molecule is CCO[C@]12CC[C@@H](O)[C@H](C#CC(O)C3CCCCC3)[C@H]1CC2=CCCC(=O)O. The summed E-state index contributed by atoms with van der Waals surface area (Å²) in [4.78, 5) is 10.8. The van der Waals surface area contributed by atoms with Crippen molar-refractivity contribution in [2.75, 3.05) is 6.61 Å². The molecule has 0 aromatic rings. The Morgan fingerprint density at radius 3 is 2.75 bits per heavy atom. The molecule has 28 heavy (non-hydrogen) atoms. The predicted octanol–water partition coefficient (Wildman–Crippen LogP) is 3.29.